The lowest BCUT2D eigenvalue weighted by atomic mass is 10.0. The highest BCUT2D eigenvalue weighted by molar-refractivity contribution is 9.10. The molecule has 4 heteroatoms. The predicted octanol–water partition coefficient (Wildman–Crippen LogP) is 2.29. The van der Waals surface area contributed by atoms with Gasteiger partial charge in [0.05, 0.1) is 19.3 Å². The van der Waals surface area contributed by atoms with Crippen LogP contribution in [0.1, 0.15) is 38.7 Å². The molecule has 108 valence electrons. The number of halogens is 1. The van der Waals surface area contributed by atoms with Crippen molar-refractivity contribution in [3.05, 3.63) is 28.2 Å². The van der Waals surface area contributed by atoms with Gasteiger partial charge in [-0.05, 0) is 36.6 Å². The Morgan fingerprint density at radius 2 is 2.05 bits per heavy atom. The molecule has 19 heavy (non-hydrogen) atoms. The summed E-state index contributed by atoms with van der Waals surface area (Å²) in [4.78, 5) is 0. The highest BCUT2D eigenvalue weighted by Gasteiger charge is 2.08. The molecule has 0 radical (unpaired) electrons. The molecule has 0 bridgehead atoms. The van der Waals surface area contributed by atoms with E-state index in [1.807, 2.05) is 19.1 Å². The molecule has 0 amide bonds. The van der Waals surface area contributed by atoms with Gasteiger partial charge in [-0.25, -0.2) is 0 Å². The molecule has 0 aliphatic rings. The first-order chi connectivity index (χ1) is 9.00. The van der Waals surface area contributed by atoms with Crippen LogP contribution in [0.4, 0.5) is 0 Å². The number of hydrogen-bond acceptors (Lipinski definition) is 2. The second kappa shape index (κ2) is 8.56. The van der Waals surface area contributed by atoms with E-state index in [-0.39, 0.29) is 6.10 Å². The second-order valence-corrected chi connectivity index (χ2v) is 6.12. The summed E-state index contributed by atoms with van der Waals surface area (Å²) in [5, 5.41) is 11.3. The molecule has 1 atom stereocenters. The smallest absolute Gasteiger partial charge is 0.122 e. The predicted molar refractivity (Wildman–Crippen MR) is 81.7 cm³/mol. The Labute approximate surface area is 124 Å². The van der Waals surface area contributed by atoms with E-state index in [2.05, 4.69) is 41.2 Å². The van der Waals surface area contributed by atoms with Crippen LogP contribution in [-0.4, -0.2) is 30.9 Å². The highest BCUT2D eigenvalue weighted by atomic mass is 79.9. The maximum Gasteiger partial charge on any atom is 0.122 e. The number of nitrogens with two attached hydrogens (primary N) is 1. The third-order valence-electron chi connectivity index (χ3n) is 2.91. The molecule has 0 aliphatic heterocycles. The van der Waals surface area contributed by atoms with Gasteiger partial charge in [0.15, 0.2) is 0 Å². The average molecular weight is 331 g/mol. The van der Waals surface area contributed by atoms with E-state index in [0.29, 0.717) is 5.92 Å². The Morgan fingerprint density at radius 1 is 1.32 bits per heavy atom. The summed E-state index contributed by atoms with van der Waals surface area (Å²) in [6.45, 7) is 8.62. The Balaban J connectivity index is 2.37. The van der Waals surface area contributed by atoms with E-state index < -0.39 is 0 Å². The van der Waals surface area contributed by atoms with Gasteiger partial charge < -0.3 is 15.2 Å². The average Bonchev–Trinajstić information content (AvgIpc) is 2.34. The summed E-state index contributed by atoms with van der Waals surface area (Å²) in [5.41, 5.74) is 1.24. The van der Waals surface area contributed by atoms with E-state index in [0.717, 1.165) is 36.3 Å². The van der Waals surface area contributed by atoms with Crippen molar-refractivity contribution in [3.63, 3.8) is 0 Å². The van der Waals surface area contributed by atoms with Crippen molar-refractivity contribution in [2.24, 2.45) is 0 Å². The molecule has 3 nitrogen and oxygen atoms in total. The maximum atomic E-state index is 9.14. The number of quaternary nitrogens is 1. The van der Waals surface area contributed by atoms with E-state index in [1.54, 1.807) is 0 Å². The topological polar surface area (TPSA) is 46.1 Å². The number of hydrogen-bond donors (Lipinski definition) is 2. The Morgan fingerprint density at radius 3 is 2.68 bits per heavy atom. The van der Waals surface area contributed by atoms with Gasteiger partial charge in [0, 0.05) is 10.9 Å². The lowest BCUT2D eigenvalue weighted by Crippen LogP contribution is -2.86. The van der Waals surface area contributed by atoms with Crippen LogP contribution in [0.5, 0.6) is 5.75 Å². The fourth-order valence-electron chi connectivity index (χ4n) is 1.87. The van der Waals surface area contributed by atoms with Crippen molar-refractivity contribution >= 4 is 15.9 Å². The minimum absolute atomic E-state index is 0.236. The number of aliphatic hydroxyl groups is 1. The lowest BCUT2D eigenvalue weighted by molar-refractivity contribution is -0.660. The van der Waals surface area contributed by atoms with Crippen molar-refractivity contribution in [3.8, 4) is 5.75 Å². The van der Waals surface area contributed by atoms with Gasteiger partial charge in [-0.15, -0.1) is 0 Å². The molecule has 0 aromatic heterocycles. The summed E-state index contributed by atoms with van der Waals surface area (Å²) in [5.74, 6) is 1.43. The first-order valence-corrected chi connectivity index (χ1v) is 7.72. The molecule has 0 fully saturated rings. The summed E-state index contributed by atoms with van der Waals surface area (Å²) < 4.78 is 6.95. The minimum Gasteiger partial charge on any atom is -0.493 e. The van der Waals surface area contributed by atoms with Crippen LogP contribution in [0.25, 0.3) is 0 Å². The van der Waals surface area contributed by atoms with Crippen LogP contribution >= 0.6 is 15.9 Å². The first kappa shape index (κ1) is 16.5. The van der Waals surface area contributed by atoms with Gasteiger partial charge in [-0.3, -0.25) is 0 Å². The Bertz CT molecular complexity index is 380. The quantitative estimate of drug-likeness (QED) is 0.718. The van der Waals surface area contributed by atoms with Crippen LogP contribution in [0.15, 0.2) is 22.7 Å². The zero-order valence-electron chi connectivity index (χ0n) is 12.0. The van der Waals surface area contributed by atoms with Crippen molar-refractivity contribution in [1.29, 1.82) is 0 Å². The van der Waals surface area contributed by atoms with E-state index >= 15 is 0 Å². The Hall–Kier alpha value is -0.580. The van der Waals surface area contributed by atoms with Gasteiger partial charge >= 0.3 is 0 Å². The maximum absolute atomic E-state index is 9.14. The van der Waals surface area contributed by atoms with Gasteiger partial charge in [-0.2, -0.15) is 0 Å². The fourth-order valence-corrected chi connectivity index (χ4v) is 2.25. The van der Waals surface area contributed by atoms with Gasteiger partial charge in [0.25, 0.3) is 0 Å². The molecule has 0 saturated heterocycles. The standard InChI is InChI=1S/C15H24BrNO2/c1-11(2)14-9-13(16)5-6-15(14)19-8-4-7-17-10-12(3)18/h5-6,9,11-12,17-18H,4,7-8,10H2,1-3H3/p+1/t12-/m1/s1. The molecule has 0 aliphatic carbocycles. The van der Waals surface area contributed by atoms with E-state index in [9.17, 15) is 0 Å². The van der Waals surface area contributed by atoms with Crippen LogP contribution in [-0.2, 0) is 0 Å². The Kier molecular flexibility index (Phi) is 7.42. The summed E-state index contributed by atoms with van der Waals surface area (Å²) in [7, 11) is 0. The van der Waals surface area contributed by atoms with Gasteiger partial charge in [-0.1, -0.05) is 29.8 Å². The zero-order chi connectivity index (χ0) is 14.3. The largest absolute Gasteiger partial charge is 0.493 e. The third kappa shape index (κ3) is 6.41. The SMILES string of the molecule is CC(C)c1cc(Br)ccc1OCCC[NH2+]C[C@@H](C)O. The zero-order valence-corrected chi connectivity index (χ0v) is 13.6. The normalized spacial score (nSPS) is 12.7. The lowest BCUT2D eigenvalue weighted by Gasteiger charge is -2.14. The molecule has 1 aromatic carbocycles. The van der Waals surface area contributed by atoms with E-state index in [1.165, 1.54) is 5.56 Å². The molecule has 1 rings (SSSR count). The fraction of sp³-hybridized carbons (Fsp3) is 0.600. The van der Waals surface area contributed by atoms with Crippen molar-refractivity contribution < 1.29 is 15.2 Å². The summed E-state index contributed by atoms with van der Waals surface area (Å²) >= 11 is 3.50. The minimum atomic E-state index is -0.236. The molecule has 3 N–H and O–H groups in total. The second-order valence-electron chi connectivity index (χ2n) is 5.20. The van der Waals surface area contributed by atoms with Crippen LogP contribution in [0.3, 0.4) is 0 Å². The van der Waals surface area contributed by atoms with Crippen molar-refractivity contribution in [2.75, 3.05) is 19.7 Å². The number of ether oxygens (including phenoxy) is 1. The number of rotatable bonds is 8. The molecular formula is C15H25BrNO2+. The molecule has 0 saturated carbocycles. The van der Waals surface area contributed by atoms with Gasteiger partial charge in [0.1, 0.15) is 12.3 Å². The summed E-state index contributed by atoms with van der Waals surface area (Å²) in [6, 6.07) is 6.17. The van der Waals surface area contributed by atoms with Crippen LogP contribution < -0.4 is 10.1 Å². The monoisotopic (exact) mass is 330 g/mol. The highest BCUT2D eigenvalue weighted by Crippen LogP contribution is 2.29. The van der Waals surface area contributed by atoms with Gasteiger partial charge in [0.2, 0.25) is 0 Å². The van der Waals surface area contributed by atoms with Crippen molar-refractivity contribution in [1.82, 2.24) is 0 Å². The van der Waals surface area contributed by atoms with E-state index in [4.69, 9.17) is 9.84 Å². The van der Waals surface area contributed by atoms with Crippen LogP contribution in [0, 0.1) is 0 Å². The molecule has 0 unspecified atom stereocenters. The molecule has 0 spiro atoms. The van der Waals surface area contributed by atoms with Crippen molar-refractivity contribution in [2.45, 2.75) is 39.2 Å². The molecule has 0 heterocycles. The first-order valence-electron chi connectivity index (χ1n) is 6.92. The third-order valence-corrected chi connectivity index (χ3v) is 3.41. The number of benzene rings is 1. The molecule has 1 aromatic rings. The van der Waals surface area contributed by atoms with Crippen LogP contribution in [0.2, 0.25) is 0 Å². The number of aliphatic hydroxyl groups excluding tert-OH is 1. The molecular weight excluding hydrogens is 306 g/mol. The summed E-state index contributed by atoms with van der Waals surface area (Å²) in [6.07, 6.45) is 0.750.